The lowest BCUT2D eigenvalue weighted by Crippen LogP contribution is -2.32. The maximum absolute atomic E-state index is 11.6. The van der Waals surface area contributed by atoms with Crippen molar-refractivity contribution in [2.45, 2.75) is 19.4 Å². The molecule has 1 unspecified atom stereocenters. The van der Waals surface area contributed by atoms with E-state index in [1.165, 1.54) is 6.07 Å². The van der Waals surface area contributed by atoms with Crippen molar-refractivity contribution in [3.05, 3.63) is 40.8 Å². The summed E-state index contributed by atoms with van der Waals surface area (Å²) in [5, 5.41) is 3.51. The zero-order chi connectivity index (χ0) is 15.2. The number of hydrogen-bond acceptors (Lipinski definition) is 5. The molecule has 6 nitrogen and oxygen atoms in total. The molecule has 0 fully saturated rings. The predicted molar refractivity (Wildman–Crippen MR) is 79.3 cm³/mol. The summed E-state index contributed by atoms with van der Waals surface area (Å²) < 4.78 is 10.4. The van der Waals surface area contributed by atoms with E-state index in [4.69, 9.17) is 14.9 Å². The third-order valence-electron chi connectivity index (χ3n) is 2.89. The standard InChI is InChI=1S/C15H18N2O4/c1-10(16)6-7-17-14(18)9-20-12-4-2-11-3-5-15(19)21-13(11)8-12/h2-5,8,10H,6-7,9,16H2,1H3,(H,17,18). The zero-order valence-corrected chi connectivity index (χ0v) is 11.8. The molecule has 112 valence electrons. The van der Waals surface area contributed by atoms with Crippen LogP contribution in [0.2, 0.25) is 0 Å². The highest BCUT2D eigenvalue weighted by molar-refractivity contribution is 5.79. The first kappa shape index (κ1) is 15.1. The van der Waals surface area contributed by atoms with Crippen molar-refractivity contribution in [3.8, 4) is 5.75 Å². The van der Waals surface area contributed by atoms with E-state index >= 15 is 0 Å². The summed E-state index contributed by atoms with van der Waals surface area (Å²) in [5.74, 6) is 0.254. The van der Waals surface area contributed by atoms with E-state index in [2.05, 4.69) is 5.32 Å². The van der Waals surface area contributed by atoms with Gasteiger partial charge in [-0.15, -0.1) is 0 Å². The van der Waals surface area contributed by atoms with Gasteiger partial charge in [-0.05, 0) is 31.5 Å². The average Bonchev–Trinajstić information content (AvgIpc) is 2.44. The minimum Gasteiger partial charge on any atom is -0.484 e. The molecule has 0 aliphatic carbocycles. The molecule has 1 atom stereocenters. The van der Waals surface area contributed by atoms with E-state index in [-0.39, 0.29) is 18.6 Å². The van der Waals surface area contributed by atoms with Gasteiger partial charge in [0.1, 0.15) is 11.3 Å². The molecule has 2 aromatic rings. The van der Waals surface area contributed by atoms with Crippen molar-refractivity contribution in [1.82, 2.24) is 5.32 Å². The number of carbonyl (C=O) groups excluding carboxylic acids is 1. The van der Waals surface area contributed by atoms with Crippen LogP contribution in [0, 0.1) is 0 Å². The smallest absolute Gasteiger partial charge is 0.336 e. The molecule has 0 spiro atoms. The summed E-state index contributed by atoms with van der Waals surface area (Å²) in [6.07, 6.45) is 0.715. The van der Waals surface area contributed by atoms with E-state index < -0.39 is 5.63 Å². The third kappa shape index (κ3) is 4.61. The first-order valence-electron chi connectivity index (χ1n) is 6.73. The van der Waals surface area contributed by atoms with Gasteiger partial charge in [-0.1, -0.05) is 0 Å². The summed E-state index contributed by atoms with van der Waals surface area (Å²) in [6, 6.07) is 8.15. The van der Waals surface area contributed by atoms with Crippen LogP contribution in [0.25, 0.3) is 11.0 Å². The molecule has 6 heteroatoms. The van der Waals surface area contributed by atoms with Crippen LogP contribution in [-0.2, 0) is 4.79 Å². The number of rotatable bonds is 6. The van der Waals surface area contributed by atoms with Gasteiger partial charge in [-0.25, -0.2) is 4.79 Å². The van der Waals surface area contributed by atoms with Crippen molar-refractivity contribution in [2.24, 2.45) is 5.73 Å². The van der Waals surface area contributed by atoms with Crippen molar-refractivity contribution in [3.63, 3.8) is 0 Å². The van der Waals surface area contributed by atoms with Crippen LogP contribution in [0.15, 0.2) is 39.5 Å². The molecule has 21 heavy (non-hydrogen) atoms. The molecule has 1 aromatic heterocycles. The molecule has 3 N–H and O–H groups in total. The Hall–Kier alpha value is -2.34. The van der Waals surface area contributed by atoms with Gasteiger partial charge in [-0.3, -0.25) is 4.79 Å². The van der Waals surface area contributed by atoms with Crippen LogP contribution in [0.1, 0.15) is 13.3 Å². The molecule has 1 amide bonds. The normalized spacial score (nSPS) is 12.1. The fourth-order valence-corrected chi connectivity index (χ4v) is 1.77. The molecular formula is C15H18N2O4. The summed E-state index contributed by atoms with van der Waals surface area (Å²) in [5.41, 5.74) is 5.60. The van der Waals surface area contributed by atoms with Crippen LogP contribution < -0.4 is 21.4 Å². The Bertz CT molecular complexity index is 679. The molecule has 0 aliphatic rings. The molecule has 1 heterocycles. The quantitative estimate of drug-likeness (QED) is 0.775. The molecule has 0 saturated heterocycles. The van der Waals surface area contributed by atoms with Crippen molar-refractivity contribution in [1.29, 1.82) is 0 Å². The van der Waals surface area contributed by atoms with E-state index in [1.54, 1.807) is 24.3 Å². The number of nitrogens with two attached hydrogens (primary N) is 1. The number of amides is 1. The van der Waals surface area contributed by atoms with Crippen LogP contribution in [0.4, 0.5) is 0 Å². The lowest BCUT2D eigenvalue weighted by Gasteiger charge is -2.09. The summed E-state index contributed by atoms with van der Waals surface area (Å²) in [7, 11) is 0. The van der Waals surface area contributed by atoms with Gasteiger partial charge in [0, 0.05) is 30.1 Å². The number of ether oxygens (including phenoxy) is 1. The second-order valence-electron chi connectivity index (χ2n) is 4.86. The summed E-state index contributed by atoms with van der Waals surface area (Å²) in [4.78, 5) is 22.7. The number of fused-ring (bicyclic) bond motifs is 1. The molecule has 0 saturated carbocycles. The molecule has 2 rings (SSSR count). The molecule has 1 aromatic carbocycles. The Labute approximate surface area is 121 Å². The Balaban J connectivity index is 1.91. The first-order chi connectivity index (χ1) is 10.0. The predicted octanol–water partition coefficient (Wildman–Crippen LogP) is 1.03. The Kier molecular flexibility index (Phi) is 4.94. The lowest BCUT2D eigenvalue weighted by atomic mass is 10.2. The van der Waals surface area contributed by atoms with E-state index in [0.717, 1.165) is 5.39 Å². The second-order valence-corrected chi connectivity index (χ2v) is 4.86. The third-order valence-corrected chi connectivity index (χ3v) is 2.89. The largest absolute Gasteiger partial charge is 0.484 e. The maximum Gasteiger partial charge on any atom is 0.336 e. The van der Waals surface area contributed by atoms with Gasteiger partial charge in [0.15, 0.2) is 6.61 Å². The Morgan fingerprint density at radius 3 is 2.90 bits per heavy atom. The van der Waals surface area contributed by atoms with Gasteiger partial charge >= 0.3 is 5.63 Å². The first-order valence-corrected chi connectivity index (χ1v) is 6.73. The van der Waals surface area contributed by atoms with Crippen LogP contribution in [-0.4, -0.2) is 25.1 Å². The second kappa shape index (κ2) is 6.90. The molecular weight excluding hydrogens is 272 g/mol. The molecule has 0 aliphatic heterocycles. The number of benzene rings is 1. The Morgan fingerprint density at radius 2 is 2.14 bits per heavy atom. The SMILES string of the molecule is CC(N)CCNC(=O)COc1ccc2ccc(=O)oc2c1. The highest BCUT2D eigenvalue weighted by Gasteiger charge is 2.05. The highest BCUT2D eigenvalue weighted by Crippen LogP contribution is 2.19. The van der Waals surface area contributed by atoms with Crippen LogP contribution in [0.3, 0.4) is 0 Å². The summed E-state index contributed by atoms with van der Waals surface area (Å²) >= 11 is 0. The van der Waals surface area contributed by atoms with E-state index in [9.17, 15) is 9.59 Å². The van der Waals surface area contributed by atoms with Gasteiger partial charge < -0.3 is 20.2 Å². The van der Waals surface area contributed by atoms with Crippen LogP contribution >= 0.6 is 0 Å². The molecule has 0 radical (unpaired) electrons. The molecule has 0 bridgehead atoms. The van der Waals surface area contributed by atoms with Gasteiger partial charge in [0.2, 0.25) is 0 Å². The lowest BCUT2D eigenvalue weighted by molar-refractivity contribution is -0.123. The Morgan fingerprint density at radius 1 is 1.38 bits per heavy atom. The monoisotopic (exact) mass is 290 g/mol. The van der Waals surface area contributed by atoms with Crippen LogP contribution in [0.5, 0.6) is 5.75 Å². The van der Waals surface area contributed by atoms with Gasteiger partial charge in [0.25, 0.3) is 5.91 Å². The topological polar surface area (TPSA) is 94.6 Å². The van der Waals surface area contributed by atoms with Gasteiger partial charge in [-0.2, -0.15) is 0 Å². The fraction of sp³-hybridized carbons (Fsp3) is 0.333. The maximum atomic E-state index is 11.6. The van der Waals surface area contributed by atoms with Crippen molar-refractivity contribution in [2.75, 3.05) is 13.2 Å². The van der Waals surface area contributed by atoms with Crippen molar-refractivity contribution >= 4 is 16.9 Å². The minimum atomic E-state index is -0.423. The van der Waals surface area contributed by atoms with Gasteiger partial charge in [0.05, 0.1) is 0 Å². The average molecular weight is 290 g/mol. The zero-order valence-electron chi connectivity index (χ0n) is 11.8. The van der Waals surface area contributed by atoms with Crippen molar-refractivity contribution < 1.29 is 13.9 Å². The highest BCUT2D eigenvalue weighted by atomic mass is 16.5. The number of nitrogens with one attached hydrogen (secondary N) is 1. The minimum absolute atomic E-state index is 0.0506. The summed E-state index contributed by atoms with van der Waals surface area (Å²) in [6.45, 7) is 2.31. The van der Waals surface area contributed by atoms with E-state index in [1.807, 2.05) is 6.92 Å². The number of carbonyl (C=O) groups is 1. The number of hydrogen-bond donors (Lipinski definition) is 2. The van der Waals surface area contributed by atoms with E-state index in [0.29, 0.717) is 24.3 Å². The fourth-order valence-electron chi connectivity index (χ4n) is 1.77.